The van der Waals surface area contributed by atoms with Crippen LogP contribution in [0.1, 0.15) is 42.6 Å². The summed E-state index contributed by atoms with van der Waals surface area (Å²) >= 11 is 0. The van der Waals surface area contributed by atoms with Crippen LogP contribution in [0.2, 0.25) is 0 Å². The van der Waals surface area contributed by atoms with Gasteiger partial charge < -0.3 is 4.90 Å². The van der Waals surface area contributed by atoms with E-state index in [-0.39, 0.29) is 5.91 Å². The van der Waals surface area contributed by atoms with E-state index in [1.165, 1.54) is 12.8 Å². The summed E-state index contributed by atoms with van der Waals surface area (Å²) < 4.78 is 0. The highest BCUT2D eigenvalue weighted by molar-refractivity contribution is 5.94. The number of likely N-dealkylation sites (tertiary alicyclic amines) is 1. The van der Waals surface area contributed by atoms with Crippen molar-refractivity contribution >= 4 is 5.91 Å². The van der Waals surface area contributed by atoms with Gasteiger partial charge in [0, 0.05) is 56.9 Å². The lowest BCUT2D eigenvalue weighted by Crippen LogP contribution is -2.50. The van der Waals surface area contributed by atoms with Gasteiger partial charge in [0.25, 0.3) is 5.91 Å². The Bertz CT molecular complexity index is 635. The summed E-state index contributed by atoms with van der Waals surface area (Å²) in [6.07, 6.45) is 2.62. The third-order valence-corrected chi connectivity index (χ3v) is 5.71. The van der Waals surface area contributed by atoms with Crippen molar-refractivity contribution in [2.75, 3.05) is 39.3 Å². The lowest BCUT2D eigenvalue weighted by molar-refractivity contribution is 0.0614. The molecular weight excluding hydrogens is 312 g/mol. The standard InChI is InChI=1S/C20H28N4O/c1-16-6-7-17(2)24(16)13-10-22-8-11-23(12-9-22)20(25)19-5-3-4-18(14-19)15-21/h3-5,14,16-17H,6-13H2,1-2H3/t16-,17+. The summed E-state index contributed by atoms with van der Waals surface area (Å²) in [7, 11) is 0. The Morgan fingerprint density at radius 2 is 1.80 bits per heavy atom. The van der Waals surface area contributed by atoms with Crippen LogP contribution in [0.25, 0.3) is 0 Å². The van der Waals surface area contributed by atoms with Crippen molar-refractivity contribution in [3.8, 4) is 6.07 Å². The predicted molar refractivity (Wildman–Crippen MR) is 98.4 cm³/mol. The first kappa shape index (κ1) is 17.9. The topological polar surface area (TPSA) is 50.6 Å². The molecule has 2 aliphatic rings. The molecule has 0 aliphatic carbocycles. The molecule has 0 radical (unpaired) electrons. The Kier molecular flexibility index (Phi) is 5.72. The molecule has 25 heavy (non-hydrogen) atoms. The van der Waals surface area contributed by atoms with Gasteiger partial charge in [-0.25, -0.2) is 0 Å². The molecule has 0 spiro atoms. The average Bonchev–Trinajstić information content (AvgIpc) is 2.97. The molecule has 2 aliphatic heterocycles. The Labute approximate surface area is 150 Å². The van der Waals surface area contributed by atoms with E-state index in [1.54, 1.807) is 24.3 Å². The smallest absolute Gasteiger partial charge is 0.253 e. The van der Waals surface area contributed by atoms with Crippen molar-refractivity contribution in [1.82, 2.24) is 14.7 Å². The minimum atomic E-state index is 0.0403. The van der Waals surface area contributed by atoms with Crippen LogP contribution in [0.4, 0.5) is 0 Å². The maximum absolute atomic E-state index is 12.6. The minimum absolute atomic E-state index is 0.0403. The van der Waals surface area contributed by atoms with Gasteiger partial charge in [-0.1, -0.05) is 6.07 Å². The Balaban J connectivity index is 1.48. The maximum atomic E-state index is 12.6. The normalized spacial score (nSPS) is 25.1. The zero-order chi connectivity index (χ0) is 17.8. The van der Waals surface area contributed by atoms with Gasteiger partial charge in [-0.15, -0.1) is 0 Å². The number of carbonyl (C=O) groups excluding carboxylic acids is 1. The van der Waals surface area contributed by atoms with Crippen LogP contribution < -0.4 is 0 Å². The molecule has 0 bridgehead atoms. The van der Waals surface area contributed by atoms with Crippen LogP contribution in [0.5, 0.6) is 0 Å². The molecule has 0 saturated carbocycles. The highest BCUT2D eigenvalue weighted by Gasteiger charge is 2.28. The second-order valence-corrected chi connectivity index (χ2v) is 7.34. The van der Waals surface area contributed by atoms with Crippen molar-refractivity contribution in [3.05, 3.63) is 35.4 Å². The fourth-order valence-electron chi connectivity index (χ4n) is 4.03. The van der Waals surface area contributed by atoms with Gasteiger partial charge >= 0.3 is 0 Å². The summed E-state index contributed by atoms with van der Waals surface area (Å²) in [5.41, 5.74) is 1.16. The zero-order valence-corrected chi connectivity index (χ0v) is 15.3. The number of hydrogen-bond acceptors (Lipinski definition) is 4. The summed E-state index contributed by atoms with van der Waals surface area (Å²) in [5.74, 6) is 0.0403. The third kappa shape index (κ3) is 4.20. The molecule has 2 saturated heterocycles. The lowest BCUT2D eigenvalue weighted by atomic mass is 10.1. The van der Waals surface area contributed by atoms with Gasteiger partial charge in [-0.2, -0.15) is 5.26 Å². The zero-order valence-electron chi connectivity index (χ0n) is 15.3. The average molecular weight is 340 g/mol. The molecule has 0 unspecified atom stereocenters. The first-order valence-corrected chi connectivity index (χ1v) is 9.36. The van der Waals surface area contributed by atoms with Crippen molar-refractivity contribution < 1.29 is 4.79 Å². The molecule has 0 N–H and O–H groups in total. The summed E-state index contributed by atoms with van der Waals surface area (Å²) in [5, 5.41) is 8.99. The molecule has 2 fully saturated rings. The van der Waals surface area contributed by atoms with E-state index in [0.29, 0.717) is 23.2 Å². The fraction of sp³-hybridized carbons (Fsp3) is 0.600. The molecule has 0 aromatic heterocycles. The highest BCUT2D eigenvalue weighted by Crippen LogP contribution is 2.23. The van der Waals surface area contributed by atoms with Crippen LogP contribution >= 0.6 is 0 Å². The molecule has 5 heteroatoms. The summed E-state index contributed by atoms with van der Waals surface area (Å²) in [6, 6.07) is 10.5. The van der Waals surface area contributed by atoms with E-state index >= 15 is 0 Å². The van der Waals surface area contributed by atoms with E-state index in [1.807, 2.05) is 4.90 Å². The second-order valence-electron chi connectivity index (χ2n) is 7.34. The van der Waals surface area contributed by atoms with E-state index in [4.69, 9.17) is 5.26 Å². The predicted octanol–water partition coefficient (Wildman–Crippen LogP) is 2.19. The molecule has 5 nitrogen and oxygen atoms in total. The number of benzene rings is 1. The largest absolute Gasteiger partial charge is 0.336 e. The van der Waals surface area contributed by atoms with E-state index < -0.39 is 0 Å². The van der Waals surface area contributed by atoms with Gasteiger partial charge in [0.1, 0.15) is 0 Å². The first-order chi connectivity index (χ1) is 12.1. The van der Waals surface area contributed by atoms with Crippen LogP contribution in [0.3, 0.4) is 0 Å². The Morgan fingerprint density at radius 1 is 1.12 bits per heavy atom. The SMILES string of the molecule is C[C@@H]1CC[C@H](C)N1CCN1CCN(C(=O)c2cccc(C#N)c2)CC1. The van der Waals surface area contributed by atoms with Crippen molar-refractivity contribution in [1.29, 1.82) is 5.26 Å². The van der Waals surface area contributed by atoms with E-state index in [2.05, 4.69) is 29.7 Å². The van der Waals surface area contributed by atoms with E-state index in [9.17, 15) is 4.79 Å². The Morgan fingerprint density at radius 3 is 2.44 bits per heavy atom. The molecule has 1 amide bonds. The van der Waals surface area contributed by atoms with Crippen LogP contribution in [-0.2, 0) is 0 Å². The van der Waals surface area contributed by atoms with Gasteiger partial charge in [0.15, 0.2) is 0 Å². The van der Waals surface area contributed by atoms with Crippen LogP contribution in [-0.4, -0.2) is 72.0 Å². The summed E-state index contributed by atoms with van der Waals surface area (Å²) in [6.45, 7) is 10.3. The van der Waals surface area contributed by atoms with Gasteiger partial charge in [0.05, 0.1) is 11.6 Å². The van der Waals surface area contributed by atoms with E-state index in [0.717, 1.165) is 39.3 Å². The number of rotatable bonds is 4. The number of piperazine rings is 1. The van der Waals surface area contributed by atoms with Gasteiger partial charge in [-0.05, 0) is 44.9 Å². The molecule has 134 valence electrons. The van der Waals surface area contributed by atoms with Crippen LogP contribution in [0, 0.1) is 11.3 Å². The molecule has 2 atom stereocenters. The minimum Gasteiger partial charge on any atom is -0.336 e. The molecule has 2 heterocycles. The highest BCUT2D eigenvalue weighted by atomic mass is 16.2. The lowest BCUT2D eigenvalue weighted by Gasteiger charge is -2.36. The molecular formula is C20H28N4O. The monoisotopic (exact) mass is 340 g/mol. The van der Waals surface area contributed by atoms with Crippen LogP contribution in [0.15, 0.2) is 24.3 Å². The van der Waals surface area contributed by atoms with Crippen molar-refractivity contribution in [2.45, 2.75) is 38.8 Å². The van der Waals surface area contributed by atoms with Crippen molar-refractivity contribution in [3.63, 3.8) is 0 Å². The molecule has 3 rings (SSSR count). The maximum Gasteiger partial charge on any atom is 0.253 e. The molecule has 1 aromatic carbocycles. The Hall–Kier alpha value is -1.90. The quantitative estimate of drug-likeness (QED) is 0.843. The van der Waals surface area contributed by atoms with Crippen molar-refractivity contribution in [2.24, 2.45) is 0 Å². The number of nitrogens with zero attached hydrogens (tertiary/aromatic N) is 4. The number of hydrogen-bond donors (Lipinski definition) is 0. The number of amides is 1. The fourth-order valence-corrected chi connectivity index (χ4v) is 4.03. The van der Waals surface area contributed by atoms with Gasteiger partial charge in [-0.3, -0.25) is 14.6 Å². The first-order valence-electron chi connectivity index (χ1n) is 9.36. The second kappa shape index (κ2) is 7.99. The third-order valence-electron chi connectivity index (χ3n) is 5.71. The van der Waals surface area contributed by atoms with Gasteiger partial charge in [0.2, 0.25) is 0 Å². The number of nitriles is 1. The number of carbonyl (C=O) groups is 1. The summed E-state index contributed by atoms with van der Waals surface area (Å²) in [4.78, 5) is 19.6. The molecule has 1 aromatic rings.